The number of amides is 2. The van der Waals surface area contributed by atoms with Gasteiger partial charge in [-0.15, -0.1) is 0 Å². The van der Waals surface area contributed by atoms with Crippen molar-refractivity contribution in [1.29, 1.82) is 0 Å². The van der Waals surface area contributed by atoms with Gasteiger partial charge in [0, 0.05) is 6.54 Å². The van der Waals surface area contributed by atoms with Crippen LogP contribution in [-0.4, -0.2) is 30.4 Å². The van der Waals surface area contributed by atoms with Crippen molar-refractivity contribution in [3.05, 3.63) is 54.0 Å². The van der Waals surface area contributed by atoms with Crippen LogP contribution in [-0.2, 0) is 9.53 Å². The molecule has 0 aliphatic rings. The predicted octanol–water partition coefficient (Wildman–Crippen LogP) is 2.60. The average Bonchev–Trinajstić information content (AvgIpc) is 3.14. The lowest BCUT2D eigenvalue weighted by Gasteiger charge is -2.15. The summed E-state index contributed by atoms with van der Waals surface area (Å²) in [5.74, 6) is -1.43. The molecule has 0 aliphatic carbocycles. The van der Waals surface area contributed by atoms with Crippen LogP contribution in [0.15, 0.2) is 47.1 Å². The number of anilines is 1. The standard InChI is InChI=1S/C18H20N2O5/c1-3-10-19-16(21)12(2)25-18(23)13-7-4-5-8-14(13)20-17(22)15-9-6-11-24-15/h4-9,11-12H,3,10H2,1-2H3,(H,19,21)(H,20,22)/t12-/m0/s1. The van der Waals surface area contributed by atoms with Gasteiger partial charge < -0.3 is 19.8 Å². The molecule has 0 bridgehead atoms. The number of hydrogen-bond acceptors (Lipinski definition) is 5. The molecule has 0 aliphatic heterocycles. The van der Waals surface area contributed by atoms with Gasteiger partial charge in [-0.3, -0.25) is 9.59 Å². The van der Waals surface area contributed by atoms with Crippen LogP contribution < -0.4 is 10.6 Å². The molecule has 7 heteroatoms. The van der Waals surface area contributed by atoms with Gasteiger partial charge in [0.25, 0.3) is 11.8 Å². The summed E-state index contributed by atoms with van der Waals surface area (Å²) in [7, 11) is 0. The fraction of sp³-hybridized carbons (Fsp3) is 0.278. The summed E-state index contributed by atoms with van der Waals surface area (Å²) in [6, 6.07) is 9.49. The second-order valence-corrected chi connectivity index (χ2v) is 5.32. The van der Waals surface area contributed by atoms with Gasteiger partial charge in [-0.25, -0.2) is 4.79 Å². The largest absolute Gasteiger partial charge is 0.459 e. The fourth-order valence-electron chi connectivity index (χ4n) is 2.03. The van der Waals surface area contributed by atoms with Gasteiger partial charge in [0.15, 0.2) is 11.9 Å². The Bertz CT molecular complexity index is 740. The van der Waals surface area contributed by atoms with Gasteiger partial charge in [0.05, 0.1) is 17.5 Å². The quantitative estimate of drug-likeness (QED) is 0.753. The average molecular weight is 344 g/mol. The number of hydrogen-bond donors (Lipinski definition) is 2. The lowest BCUT2D eigenvalue weighted by atomic mass is 10.1. The summed E-state index contributed by atoms with van der Waals surface area (Å²) in [6.07, 6.45) is 1.23. The van der Waals surface area contributed by atoms with E-state index in [2.05, 4.69) is 10.6 Å². The minimum atomic E-state index is -0.937. The van der Waals surface area contributed by atoms with Crippen molar-refractivity contribution in [2.45, 2.75) is 26.4 Å². The number of para-hydroxylation sites is 1. The van der Waals surface area contributed by atoms with Crippen molar-refractivity contribution in [2.75, 3.05) is 11.9 Å². The van der Waals surface area contributed by atoms with E-state index in [4.69, 9.17) is 9.15 Å². The molecule has 0 saturated carbocycles. The number of benzene rings is 1. The van der Waals surface area contributed by atoms with E-state index in [9.17, 15) is 14.4 Å². The molecule has 2 N–H and O–H groups in total. The molecule has 0 spiro atoms. The Hall–Kier alpha value is -3.09. The van der Waals surface area contributed by atoms with E-state index in [1.165, 1.54) is 25.3 Å². The normalized spacial score (nSPS) is 11.4. The van der Waals surface area contributed by atoms with Crippen LogP contribution >= 0.6 is 0 Å². The van der Waals surface area contributed by atoms with Crippen molar-refractivity contribution >= 4 is 23.5 Å². The Kier molecular flexibility index (Phi) is 6.33. The highest BCUT2D eigenvalue weighted by atomic mass is 16.5. The third-order valence-electron chi connectivity index (χ3n) is 3.34. The third-order valence-corrected chi connectivity index (χ3v) is 3.34. The minimum absolute atomic E-state index is 0.121. The van der Waals surface area contributed by atoms with E-state index in [1.807, 2.05) is 6.92 Å². The number of rotatable bonds is 7. The highest BCUT2D eigenvalue weighted by Gasteiger charge is 2.21. The fourth-order valence-corrected chi connectivity index (χ4v) is 2.03. The molecule has 132 valence electrons. The van der Waals surface area contributed by atoms with Gasteiger partial charge in [-0.05, 0) is 37.6 Å². The number of nitrogens with one attached hydrogen (secondary N) is 2. The second-order valence-electron chi connectivity index (χ2n) is 5.32. The Morgan fingerprint density at radius 3 is 2.60 bits per heavy atom. The van der Waals surface area contributed by atoms with Gasteiger partial charge in [0.1, 0.15) is 0 Å². The number of carbonyl (C=O) groups excluding carboxylic acids is 3. The first-order chi connectivity index (χ1) is 12.0. The molecule has 0 unspecified atom stereocenters. The number of ether oxygens (including phenoxy) is 1. The van der Waals surface area contributed by atoms with Crippen LogP contribution in [0.5, 0.6) is 0 Å². The van der Waals surface area contributed by atoms with Gasteiger partial charge >= 0.3 is 5.97 Å². The predicted molar refractivity (Wildman–Crippen MR) is 91.3 cm³/mol. The highest BCUT2D eigenvalue weighted by Crippen LogP contribution is 2.18. The lowest BCUT2D eigenvalue weighted by Crippen LogP contribution is -2.36. The molecule has 2 aromatic rings. The molecule has 1 aromatic carbocycles. The van der Waals surface area contributed by atoms with E-state index in [1.54, 1.807) is 24.3 Å². The van der Waals surface area contributed by atoms with Crippen LogP contribution in [0.3, 0.4) is 0 Å². The summed E-state index contributed by atoms with van der Waals surface area (Å²) in [5, 5.41) is 5.25. The first-order valence-corrected chi connectivity index (χ1v) is 7.95. The molecule has 0 radical (unpaired) electrons. The maximum Gasteiger partial charge on any atom is 0.341 e. The molecule has 0 saturated heterocycles. The van der Waals surface area contributed by atoms with Crippen LogP contribution in [0.2, 0.25) is 0 Å². The monoisotopic (exact) mass is 344 g/mol. The molecule has 1 aromatic heterocycles. The molecule has 0 fully saturated rings. The van der Waals surface area contributed by atoms with Gasteiger partial charge in [-0.1, -0.05) is 19.1 Å². The zero-order valence-corrected chi connectivity index (χ0v) is 14.1. The lowest BCUT2D eigenvalue weighted by molar-refractivity contribution is -0.129. The van der Waals surface area contributed by atoms with E-state index in [0.29, 0.717) is 6.54 Å². The second kappa shape index (κ2) is 8.68. The van der Waals surface area contributed by atoms with E-state index in [-0.39, 0.29) is 22.9 Å². The summed E-state index contributed by atoms with van der Waals surface area (Å²) in [6.45, 7) is 3.93. The van der Waals surface area contributed by atoms with Gasteiger partial charge in [0.2, 0.25) is 0 Å². The van der Waals surface area contributed by atoms with Crippen molar-refractivity contribution in [1.82, 2.24) is 5.32 Å². The number of furan rings is 1. The van der Waals surface area contributed by atoms with Crippen LogP contribution in [0.4, 0.5) is 5.69 Å². The summed E-state index contributed by atoms with van der Waals surface area (Å²) >= 11 is 0. The maximum absolute atomic E-state index is 12.3. The zero-order chi connectivity index (χ0) is 18.2. The third kappa shape index (κ3) is 4.94. The Morgan fingerprint density at radius 1 is 1.16 bits per heavy atom. The Labute approximate surface area is 145 Å². The molecule has 1 heterocycles. The summed E-state index contributed by atoms with van der Waals surface area (Å²) in [5.41, 5.74) is 0.424. The summed E-state index contributed by atoms with van der Waals surface area (Å²) < 4.78 is 10.2. The van der Waals surface area contributed by atoms with E-state index < -0.39 is 18.0 Å². The van der Waals surface area contributed by atoms with E-state index in [0.717, 1.165) is 6.42 Å². The van der Waals surface area contributed by atoms with Gasteiger partial charge in [-0.2, -0.15) is 0 Å². The first-order valence-electron chi connectivity index (χ1n) is 7.95. The van der Waals surface area contributed by atoms with Crippen molar-refractivity contribution in [2.24, 2.45) is 0 Å². The molecule has 7 nitrogen and oxygen atoms in total. The SMILES string of the molecule is CCCNC(=O)[C@H](C)OC(=O)c1ccccc1NC(=O)c1ccco1. The molecule has 25 heavy (non-hydrogen) atoms. The van der Waals surface area contributed by atoms with Crippen LogP contribution in [0.1, 0.15) is 41.2 Å². The maximum atomic E-state index is 12.3. The minimum Gasteiger partial charge on any atom is -0.459 e. The first kappa shape index (κ1) is 18.3. The Morgan fingerprint density at radius 2 is 1.92 bits per heavy atom. The molecule has 2 rings (SSSR count). The van der Waals surface area contributed by atoms with Crippen molar-refractivity contribution in [3.8, 4) is 0 Å². The zero-order valence-electron chi connectivity index (χ0n) is 14.1. The Balaban J connectivity index is 2.07. The molecular weight excluding hydrogens is 324 g/mol. The summed E-state index contributed by atoms with van der Waals surface area (Å²) in [4.78, 5) is 36.2. The molecule has 2 amide bonds. The van der Waals surface area contributed by atoms with Crippen molar-refractivity contribution in [3.63, 3.8) is 0 Å². The smallest absolute Gasteiger partial charge is 0.341 e. The number of carbonyl (C=O) groups is 3. The molecular formula is C18H20N2O5. The van der Waals surface area contributed by atoms with Crippen molar-refractivity contribution < 1.29 is 23.5 Å². The van der Waals surface area contributed by atoms with Crippen LogP contribution in [0.25, 0.3) is 0 Å². The van der Waals surface area contributed by atoms with E-state index >= 15 is 0 Å². The topological polar surface area (TPSA) is 97.6 Å². The molecule has 1 atom stereocenters. The highest BCUT2D eigenvalue weighted by molar-refractivity contribution is 6.06. The number of esters is 1. The van der Waals surface area contributed by atoms with Crippen LogP contribution in [0, 0.1) is 0 Å².